The first kappa shape index (κ1) is 18.8. The fourth-order valence-electron chi connectivity index (χ4n) is 3.63. The molecule has 0 radical (unpaired) electrons. The molecule has 4 rings (SSSR count). The summed E-state index contributed by atoms with van der Waals surface area (Å²) in [5.74, 6) is 0.508. The molecule has 1 aliphatic rings. The number of nitrogens with zero attached hydrogens (tertiary/aromatic N) is 4. The van der Waals surface area contributed by atoms with Gasteiger partial charge in [-0.3, -0.25) is 4.79 Å². The van der Waals surface area contributed by atoms with Crippen molar-refractivity contribution in [3.05, 3.63) is 65.5 Å². The third-order valence-electron chi connectivity index (χ3n) is 5.14. The molecule has 0 spiro atoms. The van der Waals surface area contributed by atoms with Crippen molar-refractivity contribution in [3.63, 3.8) is 0 Å². The van der Waals surface area contributed by atoms with Crippen LogP contribution in [0.3, 0.4) is 0 Å². The number of carbonyl (C=O) groups is 1. The highest BCUT2D eigenvalue weighted by molar-refractivity contribution is 7.99. The number of benzene rings is 2. The average Bonchev–Trinajstić information content (AvgIpc) is 3.21. The Hall–Kier alpha value is -2.54. The molecule has 0 atom stereocenters. The summed E-state index contributed by atoms with van der Waals surface area (Å²) >= 11 is 1.24. The molecule has 1 saturated carbocycles. The lowest BCUT2D eigenvalue weighted by atomic mass is 9.84. The van der Waals surface area contributed by atoms with Gasteiger partial charge in [0.1, 0.15) is 5.82 Å². The van der Waals surface area contributed by atoms with Crippen molar-refractivity contribution in [2.24, 2.45) is 0 Å². The zero-order valence-corrected chi connectivity index (χ0v) is 16.2. The highest BCUT2D eigenvalue weighted by Gasteiger charge is 2.17. The number of aromatic nitrogens is 4. The van der Waals surface area contributed by atoms with Gasteiger partial charge in [0.05, 0.1) is 11.4 Å². The van der Waals surface area contributed by atoms with Gasteiger partial charge in [-0.15, -0.1) is 5.10 Å². The second kappa shape index (κ2) is 8.65. The molecule has 5 nitrogen and oxygen atoms in total. The number of halogens is 1. The van der Waals surface area contributed by atoms with Crippen molar-refractivity contribution in [2.75, 3.05) is 5.75 Å². The number of thioether (sulfide) groups is 1. The maximum absolute atomic E-state index is 13.5. The van der Waals surface area contributed by atoms with Crippen LogP contribution in [0, 0.1) is 5.82 Å². The quantitative estimate of drug-likeness (QED) is 0.441. The second-order valence-corrected chi connectivity index (χ2v) is 7.96. The largest absolute Gasteiger partial charge is 0.293 e. The van der Waals surface area contributed by atoms with Crippen molar-refractivity contribution < 1.29 is 9.18 Å². The van der Waals surface area contributed by atoms with E-state index in [1.165, 1.54) is 66.2 Å². The lowest BCUT2D eigenvalue weighted by Crippen LogP contribution is -2.07. The van der Waals surface area contributed by atoms with Gasteiger partial charge in [0.2, 0.25) is 5.16 Å². The lowest BCUT2D eigenvalue weighted by molar-refractivity contribution is 0.102. The number of ketones is 1. The van der Waals surface area contributed by atoms with Crippen molar-refractivity contribution in [2.45, 2.75) is 43.2 Å². The first-order valence-electron chi connectivity index (χ1n) is 9.51. The van der Waals surface area contributed by atoms with Gasteiger partial charge in [0, 0.05) is 5.56 Å². The number of Topliss-reactive ketones (excluding diaryl/α,β-unsaturated/α-hetero) is 1. The summed E-state index contributed by atoms with van der Waals surface area (Å²) in [5.41, 5.74) is 2.55. The molecular formula is C21H21FN4OS. The maximum atomic E-state index is 13.5. The van der Waals surface area contributed by atoms with Crippen LogP contribution in [-0.4, -0.2) is 31.7 Å². The van der Waals surface area contributed by atoms with Gasteiger partial charge < -0.3 is 0 Å². The third-order valence-corrected chi connectivity index (χ3v) is 6.05. The highest BCUT2D eigenvalue weighted by atomic mass is 32.2. The molecule has 2 aromatic carbocycles. The Morgan fingerprint density at radius 3 is 2.64 bits per heavy atom. The summed E-state index contributed by atoms with van der Waals surface area (Å²) in [6.45, 7) is 0. The number of tetrazole rings is 1. The van der Waals surface area contributed by atoms with E-state index in [-0.39, 0.29) is 17.4 Å². The maximum Gasteiger partial charge on any atom is 0.214 e. The van der Waals surface area contributed by atoms with Crippen LogP contribution >= 0.6 is 11.8 Å². The Labute approximate surface area is 167 Å². The van der Waals surface area contributed by atoms with Gasteiger partial charge in [-0.1, -0.05) is 61.4 Å². The Morgan fingerprint density at radius 1 is 1.11 bits per heavy atom. The minimum absolute atomic E-state index is 0.0222. The molecule has 7 heteroatoms. The van der Waals surface area contributed by atoms with E-state index in [2.05, 4.69) is 27.7 Å². The first-order valence-corrected chi connectivity index (χ1v) is 10.5. The van der Waals surface area contributed by atoms with E-state index in [1.54, 1.807) is 12.1 Å². The molecule has 1 fully saturated rings. The standard InChI is InChI=1S/C21H21FN4OS/c22-18-7-4-8-19(13-18)26-21(23-24-25-26)28-14-20(27)17-11-9-16(10-12-17)15-5-2-1-3-6-15/h4,7-13,15H,1-3,5-6,14H2. The number of hydrogen-bond donors (Lipinski definition) is 0. The molecule has 0 amide bonds. The summed E-state index contributed by atoms with van der Waals surface area (Å²) in [4.78, 5) is 12.6. The van der Waals surface area contributed by atoms with Crippen LogP contribution in [0.25, 0.3) is 5.69 Å². The summed E-state index contributed by atoms with van der Waals surface area (Å²) < 4.78 is 14.9. The monoisotopic (exact) mass is 396 g/mol. The normalized spacial score (nSPS) is 14.9. The molecule has 0 aliphatic heterocycles. The van der Waals surface area contributed by atoms with Gasteiger partial charge in [0.25, 0.3) is 0 Å². The van der Waals surface area contributed by atoms with Crippen molar-refractivity contribution >= 4 is 17.5 Å². The van der Waals surface area contributed by atoms with E-state index >= 15 is 0 Å². The molecule has 1 heterocycles. The topological polar surface area (TPSA) is 60.7 Å². The smallest absolute Gasteiger partial charge is 0.214 e. The van der Waals surface area contributed by atoms with Crippen LogP contribution in [0.5, 0.6) is 0 Å². The first-order chi connectivity index (χ1) is 13.7. The van der Waals surface area contributed by atoms with Gasteiger partial charge in [-0.2, -0.15) is 4.68 Å². The second-order valence-electron chi connectivity index (χ2n) is 7.02. The van der Waals surface area contributed by atoms with E-state index in [9.17, 15) is 9.18 Å². The zero-order valence-electron chi connectivity index (χ0n) is 15.4. The SMILES string of the molecule is O=C(CSc1nnnn1-c1cccc(F)c1)c1ccc(C2CCCCC2)cc1. The summed E-state index contributed by atoms with van der Waals surface area (Å²) in [6, 6.07) is 14.0. The minimum Gasteiger partial charge on any atom is -0.293 e. The van der Waals surface area contributed by atoms with Gasteiger partial charge in [0.15, 0.2) is 5.78 Å². The molecule has 0 bridgehead atoms. The van der Waals surface area contributed by atoms with E-state index in [0.29, 0.717) is 22.3 Å². The van der Waals surface area contributed by atoms with Crippen molar-refractivity contribution in [3.8, 4) is 5.69 Å². The fraction of sp³-hybridized carbons (Fsp3) is 0.333. The van der Waals surface area contributed by atoms with Crippen LogP contribution in [-0.2, 0) is 0 Å². The Balaban J connectivity index is 1.40. The van der Waals surface area contributed by atoms with Crippen molar-refractivity contribution in [1.82, 2.24) is 20.2 Å². The van der Waals surface area contributed by atoms with Crippen LogP contribution < -0.4 is 0 Å². The summed E-state index contributed by atoms with van der Waals surface area (Å²) in [7, 11) is 0. The fourth-order valence-corrected chi connectivity index (χ4v) is 4.41. The Kier molecular flexibility index (Phi) is 5.81. The number of hydrogen-bond acceptors (Lipinski definition) is 5. The van der Waals surface area contributed by atoms with Crippen LogP contribution in [0.4, 0.5) is 4.39 Å². The van der Waals surface area contributed by atoms with Crippen LogP contribution in [0.15, 0.2) is 53.7 Å². The summed E-state index contributed by atoms with van der Waals surface area (Å²) in [5, 5.41) is 12.0. The van der Waals surface area contributed by atoms with Crippen LogP contribution in [0.1, 0.15) is 53.9 Å². The van der Waals surface area contributed by atoms with Gasteiger partial charge in [-0.25, -0.2) is 4.39 Å². The van der Waals surface area contributed by atoms with E-state index in [0.717, 1.165) is 0 Å². The average molecular weight is 396 g/mol. The van der Waals surface area contributed by atoms with E-state index in [4.69, 9.17) is 0 Å². The molecule has 1 aliphatic carbocycles. The van der Waals surface area contributed by atoms with E-state index in [1.807, 2.05) is 12.1 Å². The molecule has 0 saturated heterocycles. The van der Waals surface area contributed by atoms with Crippen LogP contribution in [0.2, 0.25) is 0 Å². The van der Waals surface area contributed by atoms with Gasteiger partial charge in [-0.05, 0) is 52.9 Å². The molecule has 144 valence electrons. The molecule has 0 N–H and O–H groups in total. The highest BCUT2D eigenvalue weighted by Crippen LogP contribution is 2.32. The Morgan fingerprint density at radius 2 is 1.89 bits per heavy atom. The Bertz CT molecular complexity index is 951. The predicted molar refractivity (Wildman–Crippen MR) is 106 cm³/mol. The zero-order chi connectivity index (χ0) is 19.3. The third kappa shape index (κ3) is 4.30. The lowest BCUT2D eigenvalue weighted by Gasteiger charge is -2.22. The molecule has 1 aromatic heterocycles. The molecule has 3 aromatic rings. The van der Waals surface area contributed by atoms with Gasteiger partial charge >= 0.3 is 0 Å². The van der Waals surface area contributed by atoms with E-state index < -0.39 is 0 Å². The molecular weight excluding hydrogens is 375 g/mol. The number of carbonyl (C=O) groups excluding carboxylic acids is 1. The minimum atomic E-state index is -0.363. The number of rotatable bonds is 6. The van der Waals surface area contributed by atoms with Crippen molar-refractivity contribution in [1.29, 1.82) is 0 Å². The molecule has 28 heavy (non-hydrogen) atoms. The predicted octanol–water partition coefficient (Wildman–Crippen LogP) is 4.82. The molecule has 0 unspecified atom stereocenters. The summed E-state index contributed by atoms with van der Waals surface area (Å²) in [6.07, 6.45) is 6.40.